The van der Waals surface area contributed by atoms with Gasteiger partial charge in [0.1, 0.15) is 22.2 Å². The number of urea groups is 1. The van der Waals surface area contributed by atoms with E-state index in [0.29, 0.717) is 34.3 Å². The number of halogens is 12. The highest BCUT2D eigenvalue weighted by atomic mass is 35.5. The van der Waals surface area contributed by atoms with Crippen molar-refractivity contribution in [1.29, 1.82) is 0 Å². The number of amides is 5. The fourth-order valence-corrected chi connectivity index (χ4v) is 4.83. The van der Waals surface area contributed by atoms with Crippen LogP contribution in [0, 0.1) is 17.5 Å². The molecule has 3 N–H and O–H groups in total. The molecule has 9 nitrogen and oxygen atoms in total. The minimum Gasteiger partial charge on any atom is -0.427 e. The molecule has 4 aromatic carbocycles. The number of nitrogens with zero attached hydrogens (tertiary/aromatic N) is 1. The van der Waals surface area contributed by atoms with Gasteiger partial charge in [0.2, 0.25) is 0 Å². The number of hydrogen-bond acceptors (Lipinski definition) is 5. The largest absolute Gasteiger partial charge is 0.439 e. The first-order valence-corrected chi connectivity index (χ1v) is 16.5. The Morgan fingerprint density at radius 2 is 1.30 bits per heavy atom. The van der Waals surface area contributed by atoms with Crippen LogP contribution in [0.4, 0.5) is 50.0 Å². The van der Waals surface area contributed by atoms with Gasteiger partial charge in [0.15, 0.2) is 11.6 Å². The molecule has 56 heavy (non-hydrogen) atoms. The molecule has 0 heterocycles. The lowest BCUT2D eigenvalue weighted by Crippen LogP contribution is -2.55. The molecule has 0 aliphatic rings. The number of hydrazine groups is 1. The Kier molecular flexibility index (Phi) is 14.7. The first kappa shape index (κ1) is 45.2. The number of anilines is 1. The second kappa shape index (κ2) is 18.2. The SMILES string of the molecule is CC(C)(C)N(NC(=O)c1ccc(Cl)cc1)C(=O)c1ccccc1.O=C(NC(=O)c1c(F)cccc1F)Nc1cc(Cl)c(OC(F)(F)C(F)C(F)(F)F)c(Cl)c1F. The Labute approximate surface area is 326 Å². The maximum atomic E-state index is 14.3. The summed E-state index contributed by atoms with van der Waals surface area (Å²) in [5, 5.41) is 2.35. The van der Waals surface area contributed by atoms with E-state index in [9.17, 15) is 58.7 Å². The molecule has 0 saturated carbocycles. The van der Waals surface area contributed by atoms with Crippen LogP contribution < -0.4 is 20.8 Å². The van der Waals surface area contributed by atoms with Crippen molar-refractivity contribution < 1.29 is 63.4 Å². The summed E-state index contributed by atoms with van der Waals surface area (Å²) in [5.41, 5.74) is 0.879. The Bertz CT molecular complexity index is 2070. The maximum absolute atomic E-state index is 14.3. The summed E-state index contributed by atoms with van der Waals surface area (Å²) in [5.74, 6) is -8.30. The van der Waals surface area contributed by atoms with E-state index >= 15 is 0 Å². The molecule has 21 heteroatoms. The van der Waals surface area contributed by atoms with Gasteiger partial charge in [0.25, 0.3) is 23.9 Å². The molecule has 0 fully saturated rings. The molecule has 0 radical (unpaired) electrons. The Balaban J connectivity index is 0.000000320. The van der Waals surface area contributed by atoms with Crippen LogP contribution in [0.2, 0.25) is 15.1 Å². The Morgan fingerprint density at radius 1 is 0.750 bits per heavy atom. The van der Waals surface area contributed by atoms with Crippen LogP contribution in [0.3, 0.4) is 0 Å². The van der Waals surface area contributed by atoms with Crippen LogP contribution in [0.5, 0.6) is 5.75 Å². The van der Waals surface area contributed by atoms with Crippen molar-refractivity contribution in [1.82, 2.24) is 15.8 Å². The number of carbonyl (C=O) groups excluding carboxylic acids is 4. The van der Waals surface area contributed by atoms with Crippen molar-refractivity contribution in [2.75, 3.05) is 5.32 Å². The Hall–Kier alpha value is -5.20. The molecule has 1 atom stereocenters. The smallest absolute Gasteiger partial charge is 0.427 e. The van der Waals surface area contributed by atoms with Gasteiger partial charge in [-0.15, -0.1) is 0 Å². The van der Waals surface area contributed by atoms with Gasteiger partial charge in [-0.1, -0.05) is 59.1 Å². The quantitative estimate of drug-likeness (QED) is 0.0972. The summed E-state index contributed by atoms with van der Waals surface area (Å²) in [4.78, 5) is 48.8. The van der Waals surface area contributed by atoms with Gasteiger partial charge in [-0.2, -0.15) is 22.0 Å². The van der Waals surface area contributed by atoms with Gasteiger partial charge in [0.05, 0.1) is 16.2 Å². The predicted molar refractivity (Wildman–Crippen MR) is 187 cm³/mol. The predicted octanol–water partition coefficient (Wildman–Crippen LogP) is 10.2. The van der Waals surface area contributed by atoms with Crippen LogP contribution in [0.25, 0.3) is 0 Å². The van der Waals surface area contributed by atoms with Crippen molar-refractivity contribution in [3.63, 3.8) is 0 Å². The highest BCUT2D eigenvalue weighted by Gasteiger charge is 2.59. The lowest BCUT2D eigenvalue weighted by Gasteiger charge is -2.35. The molecule has 300 valence electrons. The summed E-state index contributed by atoms with van der Waals surface area (Å²) < 4.78 is 121. The zero-order valence-electron chi connectivity index (χ0n) is 28.6. The first-order valence-electron chi connectivity index (χ1n) is 15.3. The minimum atomic E-state index is -6.05. The molecule has 0 saturated heterocycles. The minimum absolute atomic E-state index is 0.264. The van der Waals surface area contributed by atoms with Gasteiger partial charge in [-0.25, -0.2) is 27.4 Å². The van der Waals surface area contributed by atoms with Crippen LogP contribution in [-0.2, 0) is 0 Å². The fourth-order valence-electron chi connectivity index (χ4n) is 4.18. The van der Waals surface area contributed by atoms with E-state index < -0.39 is 80.4 Å². The summed E-state index contributed by atoms with van der Waals surface area (Å²) in [6.07, 6.45) is -16.4. The third-order valence-corrected chi connectivity index (χ3v) is 7.69. The summed E-state index contributed by atoms with van der Waals surface area (Å²) in [6, 6.07) is 16.4. The average molecular weight is 860 g/mol. The maximum Gasteiger partial charge on any atom is 0.439 e. The number of carbonyl (C=O) groups is 4. The molecule has 4 aromatic rings. The van der Waals surface area contributed by atoms with Gasteiger partial charge < -0.3 is 10.1 Å². The highest BCUT2D eigenvalue weighted by molar-refractivity contribution is 6.38. The fraction of sp³-hybridized carbons (Fsp3) is 0.200. The number of alkyl halides is 6. The van der Waals surface area contributed by atoms with Crippen LogP contribution in [0.15, 0.2) is 78.9 Å². The number of imide groups is 1. The number of benzene rings is 4. The van der Waals surface area contributed by atoms with E-state index in [1.807, 2.05) is 26.8 Å². The van der Waals surface area contributed by atoms with Gasteiger partial charge >= 0.3 is 18.3 Å². The molecular weight excluding hydrogens is 834 g/mol. The zero-order chi connectivity index (χ0) is 42.3. The highest BCUT2D eigenvalue weighted by Crippen LogP contribution is 2.44. The second-order valence-corrected chi connectivity index (χ2v) is 13.3. The van der Waals surface area contributed by atoms with Crippen molar-refractivity contribution in [2.45, 2.75) is 44.8 Å². The lowest BCUT2D eigenvalue weighted by atomic mass is 10.1. The van der Waals surface area contributed by atoms with Crippen molar-refractivity contribution in [3.05, 3.63) is 128 Å². The summed E-state index contributed by atoms with van der Waals surface area (Å²) in [6.45, 7) is 5.57. The first-order chi connectivity index (χ1) is 25.8. The van der Waals surface area contributed by atoms with Crippen LogP contribution in [0.1, 0.15) is 51.8 Å². The van der Waals surface area contributed by atoms with Gasteiger partial charge in [-0.3, -0.25) is 25.1 Å². The monoisotopic (exact) mass is 858 g/mol. The molecular formula is C35H26Cl3F9N4O5. The number of ether oxygens (including phenoxy) is 1. The van der Waals surface area contributed by atoms with Crippen molar-refractivity contribution in [2.24, 2.45) is 0 Å². The van der Waals surface area contributed by atoms with Gasteiger partial charge in [-0.05, 0) is 75.4 Å². The zero-order valence-corrected chi connectivity index (χ0v) is 30.9. The third-order valence-electron chi connectivity index (χ3n) is 6.82. The van der Waals surface area contributed by atoms with Gasteiger partial charge in [0, 0.05) is 16.1 Å². The number of hydrogen-bond donors (Lipinski definition) is 3. The normalized spacial score (nSPS) is 12.1. The average Bonchev–Trinajstić information content (AvgIpc) is 3.10. The summed E-state index contributed by atoms with van der Waals surface area (Å²) in [7, 11) is 0. The summed E-state index contributed by atoms with van der Waals surface area (Å²) >= 11 is 16.7. The lowest BCUT2D eigenvalue weighted by molar-refractivity contribution is -0.304. The van der Waals surface area contributed by atoms with E-state index in [0.717, 1.165) is 6.07 Å². The molecule has 1 unspecified atom stereocenters. The molecule has 4 rings (SSSR count). The molecule has 0 bridgehead atoms. The molecule has 0 spiro atoms. The topological polar surface area (TPSA) is 117 Å². The van der Waals surface area contributed by atoms with E-state index in [1.165, 1.54) is 10.3 Å². The van der Waals surface area contributed by atoms with Crippen molar-refractivity contribution >= 4 is 64.2 Å². The van der Waals surface area contributed by atoms with Crippen molar-refractivity contribution in [3.8, 4) is 5.75 Å². The Morgan fingerprint density at radius 3 is 1.82 bits per heavy atom. The van der Waals surface area contributed by atoms with Crippen LogP contribution in [-0.4, -0.2) is 52.8 Å². The third kappa shape index (κ3) is 11.7. The number of rotatable bonds is 7. The van der Waals surface area contributed by atoms with E-state index in [-0.39, 0.29) is 11.8 Å². The molecule has 0 aromatic heterocycles. The van der Waals surface area contributed by atoms with Crippen LogP contribution >= 0.6 is 34.8 Å². The molecule has 0 aliphatic heterocycles. The van der Waals surface area contributed by atoms with E-state index in [4.69, 9.17) is 34.8 Å². The standard InChI is InChI=1S/C18H19ClN2O2.C17H7Cl2F9N2O3/c1-18(2,3)21(17(23)14-7-5-4-6-8-14)20-16(22)13-9-11-15(19)12-10-13;18-5-4-8(29-15(32)30-13(31)9-6(20)2-1-3-7(9)21)11(22)10(19)12(5)33-17(27,28)14(23)16(24,25)26/h4-12H,1-3H3,(H,20,22);1-4,14H,(H2,29,30,31,32). The molecule has 0 aliphatic carbocycles. The second-order valence-electron chi connectivity index (χ2n) is 12.1. The number of nitrogens with one attached hydrogen (secondary N) is 3. The molecule has 5 amide bonds. The van der Waals surface area contributed by atoms with E-state index in [1.54, 1.807) is 53.8 Å². The van der Waals surface area contributed by atoms with E-state index in [2.05, 4.69) is 10.2 Å².